The Labute approximate surface area is 344 Å². The third-order valence-electron chi connectivity index (χ3n) is 12.7. The SMILES string of the molecule is CC1(C)c2ccccc2-c2c1ccc1c2c2ccc3c4ccccc4oc3c2n1-c1ccc(-c2nc(-c3ccccc3)nc(-c3cccc4oc5ccccc5c34)n2)cc1. The van der Waals surface area contributed by atoms with Crippen molar-refractivity contribution in [2.75, 3.05) is 0 Å². The van der Waals surface area contributed by atoms with Gasteiger partial charge in [-0.05, 0) is 76.9 Å². The smallest absolute Gasteiger partial charge is 0.164 e. The van der Waals surface area contributed by atoms with Crippen LogP contribution >= 0.6 is 0 Å². The van der Waals surface area contributed by atoms with Crippen molar-refractivity contribution < 1.29 is 8.83 Å². The van der Waals surface area contributed by atoms with Gasteiger partial charge in [0, 0.05) is 60.1 Å². The zero-order chi connectivity index (χ0) is 39.7. The second kappa shape index (κ2) is 12.1. The minimum Gasteiger partial charge on any atom is -0.456 e. The number of fused-ring (bicyclic) bond motifs is 14. The third kappa shape index (κ3) is 4.56. The number of hydrogen-bond acceptors (Lipinski definition) is 5. The number of para-hydroxylation sites is 2. The van der Waals surface area contributed by atoms with Gasteiger partial charge in [-0.15, -0.1) is 0 Å². The molecule has 0 aliphatic heterocycles. The molecule has 0 saturated carbocycles. The highest BCUT2D eigenvalue weighted by atomic mass is 16.3. The van der Waals surface area contributed by atoms with Crippen molar-refractivity contribution >= 4 is 65.7 Å². The quantitative estimate of drug-likeness (QED) is 0.178. The average molecular weight is 771 g/mol. The number of hydrogen-bond donors (Lipinski definition) is 0. The summed E-state index contributed by atoms with van der Waals surface area (Å²) in [5.74, 6) is 1.79. The Morgan fingerprint density at radius 2 is 1.07 bits per heavy atom. The highest BCUT2D eigenvalue weighted by Gasteiger charge is 2.37. The first-order valence-corrected chi connectivity index (χ1v) is 20.4. The van der Waals surface area contributed by atoms with Crippen LogP contribution in [0.2, 0.25) is 0 Å². The van der Waals surface area contributed by atoms with Gasteiger partial charge in [0.2, 0.25) is 0 Å². The molecule has 0 fully saturated rings. The molecular formula is C54H34N4O2. The van der Waals surface area contributed by atoms with Gasteiger partial charge in [-0.25, -0.2) is 15.0 Å². The maximum atomic E-state index is 6.79. The molecule has 1 aliphatic rings. The van der Waals surface area contributed by atoms with E-state index in [0.29, 0.717) is 17.5 Å². The molecule has 1 aliphatic carbocycles. The largest absolute Gasteiger partial charge is 0.456 e. The van der Waals surface area contributed by atoms with Crippen LogP contribution < -0.4 is 0 Å². The van der Waals surface area contributed by atoms with Crippen molar-refractivity contribution in [3.8, 4) is 51.0 Å². The van der Waals surface area contributed by atoms with E-state index in [1.165, 1.54) is 33.0 Å². The lowest BCUT2D eigenvalue weighted by Gasteiger charge is -2.21. The minimum atomic E-state index is -0.127. The van der Waals surface area contributed by atoms with Crippen LogP contribution in [0.25, 0.3) is 117 Å². The number of benzene rings is 8. The summed E-state index contributed by atoms with van der Waals surface area (Å²) in [6.07, 6.45) is 0. The molecule has 12 aromatic rings. The molecule has 4 aromatic heterocycles. The maximum absolute atomic E-state index is 6.79. The summed E-state index contributed by atoms with van der Waals surface area (Å²) >= 11 is 0. The number of nitrogens with zero attached hydrogens (tertiary/aromatic N) is 4. The maximum Gasteiger partial charge on any atom is 0.164 e. The highest BCUT2D eigenvalue weighted by Crippen LogP contribution is 2.54. The van der Waals surface area contributed by atoms with E-state index < -0.39 is 0 Å². The van der Waals surface area contributed by atoms with Crippen LogP contribution in [0.4, 0.5) is 0 Å². The zero-order valence-corrected chi connectivity index (χ0v) is 32.8. The summed E-state index contributed by atoms with van der Waals surface area (Å²) in [7, 11) is 0. The summed E-state index contributed by atoms with van der Waals surface area (Å²) in [6.45, 7) is 4.68. The fraction of sp³-hybridized carbons (Fsp3) is 0.0556. The van der Waals surface area contributed by atoms with Crippen LogP contribution in [0, 0.1) is 0 Å². The van der Waals surface area contributed by atoms with Crippen LogP contribution in [0.3, 0.4) is 0 Å². The molecule has 282 valence electrons. The van der Waals surface area contributed by atoms with Crippen LogP contribution in [-0.2, 0) is 5.41 Å². The molecule has 0 atom stereocenters. The van der Waals surface area contributed by atoms with E-state index in [4.69, 9.17) is 23.8 Å². The van der Waals surface area contributed by atoms with Gasteiger partial charge in [0.15, 0.2) is 23.1 Å². The summed E-state index contributed by atoms with van der Waals surface area (Å²) in [6, 6.07) is 59.2. The lowest BCUT2D eigenvalue weighted by molar-refractivity contribution is 0.661. The third-order valence-corrected chi connectivity index (χ3v) is 12.7. The van der Waals surface area contributed by atoms with Gasteiger partial charge >= 0.3 is 0 Å². The topological polar surface area (TPSA) is 69.9 Å². The molecule has 0 saturated heterocycles. The molecule has 0 spiro atoms. The Balaban J connectivity index is 1.04. The van der Waals surface area contributed by atoms with E-state index in [2.05, 4.69) is 122 Å². The standard InChI is InChI=1S/C54H34N4O2/c1-54(2)40-19-9-6-16-36(40)47-41(54)29-30-42-48(47)38-28-27-35-34-15-7-10-20-43(34)60-50(35)49(38)58(42)33-25-23-32(24-26-33)52-55-51(31-13-4-3-5-14-31)56-53(57-52)39-18-12-22-45-46(39)37-17-8-11-21-44(37)59-45/h3-30H,1-2H3. The monoisotopic (exact) mass is 770 g/mol. The number of aromatic nitrogens is 4. The summed E-state index contributed by atoms with van der Waals surface area (Å²) in [5, 5.41) is 6.63. The Morgan fingerprint density at radius 1 is 0.433 bits per heavy atom. The van der Waals surface area contributed by atoms with Crippen molar-refractivity contribution in [2.24, 2.45) is 0 Å². The lowest BCUT2D eigenvalue weighted by Crippen LogP contribution is -2.14. The fourth-order valence-electron chi connectivity index (χ4n) is 9.89. The van der Waals surface area contributed by atoms with Gasteiger partial charge in [-0.2, -0.15) is 0 Å². The molecule has 8 aromatic carbocycles. The molecule has 60 heavy (non-hydrogen) atoms. The first-order chi connectivity index (χ1) is 29.5. The molecular weight excluding hydrogens is 737 g/mol. The number of rotatable bonds is 4. The first-order valence-electron chi connectivity index (χ1n) is 20.4. The van der Waals surface area contributed by atoms with Crippen LogP contribution in [0.1, 0.15) is 25.0 Å². The second-order valence-corrected chi connectivity index (χ2v) is 16.3. The Bertz CT molecular complexity index is 3740. The molecule has 0 radical (unpaired) electrons. The van der Waals surface area contributed by atoms with E-state index >= 15 is 0 Å². The average Bonchev–Trinajstić information content (AvgIpc) is 4.03. The molecule has 0 amide bonds. The zero-order valence-electron chi connectivity index (χ0n) is 32.8. The Kier molecular flexibility index (Phi) is 6.69. The van der Waals surface area contributed by atoms with Gasteiger partial charge in [0.1, 0.15) is 16.7 Å². The van der Waals surface area contributed by atoms with Gasteiger partial charge in [0.25, 0.3) is 0 Å². The predicted octanol–water partition coefficient (Wildman–Crippen LogP) is 14.1. The highest BCUT2D eigenvalue weighted by molar-refractivity contribution is 6.25. The van der Waals surface area contributed by atoms with E-state index in [0.717, 1.165) is 77.3 Å². The van der Waals surface area contributed by atoms with Crippen molar-refractivity contribution in [1.29, 1.82) is 0 Å². The van der Waals surface area contributed by atoms with Gasteiger partial charge in [0.05, 0.1) is 11.0 Å². The minimum absolute atomic E-state index is 0.127. The van der Waals surface area contributed by atoms with Crippen molar-refractivity contribution in [2.45, 2.75) is 19.3 Å². The van der Waals surface area contributed by atoms with Gasteiger partial charge < -0.3 is 13.4 Å². The molecule has 6 heteroatoms. The van der Waals surface area contributed by atoms with Crippen molar-refractivity contribution in [3.63, 3.8) is 0 Å². The summed E-state index contributed by atoms with van der Waals surface area (Å²) < 4.78 is 15.4. The second-order valence-electron chi connectivity index (χ2n) is 16.3. The normalized spacial score (nSPS) is 13.3. The molecule has 0 unspecified atom stereocenters. The van der Waals surface area contributed by atoms with Crippen LogP contribution in [-0.4, -0.2) is 19.5 Å². The van der Waals surface area contributed by atoms with E-state index in [1.807, 2.05) is 66.7 Å². The predicted molar refractivity (Wildman–Crippen MR) is 243 cm³/mol. The molecule has 13 rings (SSSR count). The van der Waals surface area contributed by atoms with E-state index in [9.17, 15) is 0 Å². The van der Waals surface area contributed by atoms with Gasteiger partial charge in [-0.1, -0.05) is 129 Å². The van der Waals surface area contributed by atoms with Crippen LogP contribution in [0.5, 0.6) is 0 Å². The van der Waals surface area contributed by atoms with Crippen molar-refractivity contribution in [1.82, 2.24) is 19.5 Å². The summed E-state index contributed by atoms with van der Waals surface area (Å²) in [4.78, 5) is 15.4. The molecule has 0 N–H and O–H groups in total. The lowest BCUT2D eigenvalue weighted by atomic mass is 9.82. The fourth-order valence-corrected chi connectivity index (χ4v) is 9.89. The number of furan rings is 2. The Hall–Kier alpha value is -7.83. The van der Waals surface area contributed by atoms with E-state index in [-0.39, 0.29) is 5.41 Å². The summed E-state index contributed by atoms with van der Waals surface area (Å²) in [5.41, 5.74) is 14.4. The molecule has 4 heterocycles. The van der Waals surface area contributed by atoms with E-state index in [1.54, 1.807) is 0 Å². The molecule has 0 bridgehead atoms. The van der Waals surface area contributed by atoms with Crippen LogP contribution in [0.15, 0.2) is 179 Å². The van der Waals surface area contributed by atoms with Gasteiger partial charge in [-0.3, -0.25) is 0 Å². The Morgan fingerprint density at radius 3 is 1.88 bits per heavy atom. The molecule has 6 nitrogen and oxygen atoms in total. The van der Waals surface area contributed by atoms with Crippen molar-refractivity contribution in [3.05, 3.63) is 181 Å². The first kappa shape index (κ1) is 33.2.